The van der Waals surface area contributed by atoms with Crippen LogP contribution in [0, 0.1) is 0 Å². The van der Waals surface area contributed by atoms with Crippen molar-refractivity contribution < 1.29 is 0 Å². The lowest BCUT2D eigenvalue weighted by Gasteiger charge is -2.32. The van der Waals surface area contributed by atoms with Crippen LogP contribution in [0.15, 0.2) is 24.3 Å². The second kappa shape index (κ2) is 5.05. The van der Waals surface area contributed by atoms with Gasteiger partial charge in [-0.1, -0.05) is 49.9 Å². The lowest BCUT2D eigenvalue weighted by atomic mass is 9.74. The van der Waals surface area contributed by atoms with Crippen LogP contribution in [0.3, 0.4) is 0 Å². The third kappa shape index (κ3) is 1.99. The Balaban J connectivity index is 1.99. The molecule has 18 heavy (non-hydrogen) atoms. The molecular weight excluding hydrogens is 218 g/mol. The van der Waals surface area contributed by atoms with Gasteiger partial charge in [0.05, 0.1) is 0 Å². The minimum Gasteiger partial charge on any atom is -0.330 e. The summed E-state index contributed by atoms with van der Waals surface area (Å²) in [6, 6.07) is 9.17. The molecule has 3 rings (SSSR count). The van der Waals surface area contributed by atoms with Crippen molar-refractivity contribution in [3.63, 3.8) is 0 Å². The zero-order chi connectivity index (χ0) is 12.4. The van der Waals surface area contributed by atoms with Crippen molar-refractivity contribution in [1.29, 1.82) is 0 Å². The van der Waals surface area contributed by atoms with Gasteiger partial charge in [0.1, 0.15) is 0 Å². The van der Waals surface area contributed by atoms with Crippen molar-refractivity contribution in [2.75, 3.05) is 6.54 Å². The van der Waals surface area contributed by atoms with Gasteiger partial charge in [-0.05, 0) is 42.7 Å². The zero-order valence-electron chi connectivity index (χ0n) is 11.3. The van der Waals surface area contributed by atoms with Crippen LogP contribution in [0.25, 0.3) is 0 Å². The van der Waals surface area contributed by atoms with Gasteiger partial charge in [-0.2, -0.15) is 0 Å². The van der Waals surface area contributed by atoms with Gasteiger partial charge < -0.3 is 5.73 Å². The first-order valence-electron chi connectivity index (χ1n) is 7.65. The second-order valence-electron chi connectivity index (χ2n) is 6.26. The minimum atomic E-state index is 0.305. The van der Waals surface area contributed by atoms with Crippen LogP contribution in [0.2, 0.25) is 0 Å². The highest BCUT2D eigenvalue weighted by Gasteiger charge is 2.37. The van der Waals surface area contributed by atoms with E-state index >= 15 is 0 Å². The van der Waals surface area contributed by atoms with Crippen LogP contribution < -0.4 is 5.73 Å². The van der Waals surface area contributed by atoms with Gasteiger partial charge in [0.2, 0.25) is 0 Å². The molecule has 0 unspecified atom stereocenters. The fourth-order valence-corrected chi connectivity index (χ4v) is 4.21. The van der Waals surface area contributed by atoms with Crippen molar-refractivity contribution in [2.45, 2.75) is 62.7 Å². The van der Waals surface area contributed by atoms with Crippen molar-refractivity contribution in [3.8, 4) is 0 Å². The Morgan fingerprint density at radius 1 is 1.00 bits per heavy atom. The molecule has 0 amide bonds. The standard InChI is InChI=1S/C17H25N/c18-13-17(11-5-6-12-17)16-10-4-3-9-15(16)14-7-1-2-8-14/h3-4,9-10,14H,1-2,5-8,11-13,18H2. The van der Waals surface area contributed by atoms with Crippen molar-refractivity contribution in [2.24, 2.45) is 5.73 Å². The molecule has 0 radical (unpaired) electrons. The molecule has 0 bridgehead atoms. The summed E-state index contributed by atoms with van der Waals surface area (Å²) in [6.07, 6.45) is 10.9. The maximum atomic E-state index is 6.17. The summed E-state index contributed by atoms with van der Waals surface area (Å²) >= 11 is 0. The first-order chi connectivity index (χ1) is 8.86. The molecule has 0 saturated heterocycles. The minimum absolute atomic E-state index is 0.305. The van der Waals surface area contributed by atoms with Gasteiger partial charge in [-0.3, -0.25) is 0 Å². The number of hydrogen-bond donors (Lipinski definition) is 1. The van der Waals surface area contributed by atoms with Crippen LogP contribution >= 0.6 is 0 Å². The second-order valence-corrected chi connectivity index (χ2v) is 6.26. The maximum absolute atomic E-state index is 6.17. The summed E-state index contributed by atoms with van der Waals surface area (Å²) in [4.78, 5) is 0. The highest BCUT2D eigenvalue weighted by molar-refractivity contribution is 5.38. The molecule has 0 aromatic heterocycles. The van der Waals surface area contributed by atoms with E-state index in [-0.39, 0.29) is 0 Å². The molecular formula is C17H25N. The number of nitrogens with two attached hydrogens (primary N) is 1. The number of rotatable bonds is 3. The monoisotopic (exact) mass is 243 g/mol. The van der Waals surface area contributed by atoms with E-state index in [1.165, 1.54) is 51.4 Å². The van der Waals surface area contributed by atoms with Crippen LogP contribution in [0.5, 0.6) is 0 Å². The predicted octanol–water partition coefficient (Wildman–Crippen LogP) is 4.11. The molecule has 0 spiro atoms. The number of benzene rings is 1. The van der Waals surface area contributed by atoms with Gasteiger partial charge in [-0.25, -0.2) is 0 Å². The molecule has 2 fully saturated rings. The van der Waals surface area contributed by atoms with E-state index < -0.39 is 0 Å². The molecule has 1 heteroatoms. The van der Waals surface area contributed by atoms with Crippen LogP contribution in [0.4, 0.5) is 0 Å². The molecule has 98 valence electrons. The Morgan fingerprint density at radius 3 is 2.33 bits per heavy atom. The van der Waals surface area contributed by atoms with Gasteiger partial charge in [0.25, 0.3) is 0 Å². The van der Waals surface area contributed by atoms with Gasteiger partial charge in [0.15, 0.2) is 0 Å². The average molecular weight is 243 g/mol. The summed E-state index contributed by atoms with van der Waals surface area (Å²) in [7, 11) is 0. The fourth-order valence-electron chi connectivity index (χ4n) is 4.21. The summed E-state index contributed by atoms with van der Waals surface area (Å²) in [5.41, 5.74) is 9.69. The summed E-state index contributed by atoms with van der Waals surface area (Å²) in [5.74, 6) is 0.810. The van der Waals surface area contributed by atoms with Gasteiger partial charge >= 0.3 is 0 Å². The zero-order valence-corrected chi connectivity index (χ0v) is 11.3. The topological polar surface area (TPSA) is 26.0 Å². The van der Waals surface area contributed by atoms with E-state index in [0.717, 1.165) is 12.5 Å². The van der Waals surface area contributed by atoms with Crippen LogP contribution in [0.1, 0.15) is 68.4 Å². The molecule has 0 heterocycles. The SMILES string of the molecule is NCC1(c2ccccc2C2CCCC2)CCCC1. The van der Waals surface area contributed by atoms with E-state index in [1.807, 2.05) is 0 Å². The third-order valence-electron chi connectivity index (χ3n) is 5.28. The molecule has 0 atom stereocenters. The van der Waals surface area contributed by atoms with Crippen molar-refractivity contribution in [3.05, 3.63) is 35.4 Å². The van der Waals surface area contributed by atoms with Crippen LogP contribution in [-0.2, 0) is 5.41 Å². The molecule has 2 aliphatic rings. The molecule has 0 aliphatic heterocycles. The highest BCUT2D eigenvalue weighted by Crippen LogP contribution is 2.45. The summed E-state index contributed by atoms with van der Waals surface area (Å²) in [5, 5.41) is 0. The largest absolute Gasteiger partial charge is 0.330 e. The van der Waals surface area contributed by atoms with E-state index in [1.54, 1.807) is 11.1 Å². The number of hydrogen-bond acceptors (Lipinski definition) is 1. The Hall–Kier alpha value is -0.820. The molecule has 2 aliphatic carbocycles. The highest BCUT2D eigenvalue weighted by atomic mass is 14.6. The molecule has 1 nitrogen and oxygen atoms in total. The van der Waals surface area contributed by atoms with Gasteiger partial charge in [-0.15, -0.1) is 0 Å². The average Bonchev–Trinajstić information content (AvgIpc) is 3.11. The first-order valence-corrected chi connectivity index (χ1v) is 7.65. The Morgan fingerprint density at radius 2 is 1.67 bits per heavy atom. The Kier molecular flexibility index (Phi) is 3.43. The molecule has 1 aromatic carbocycles. The molecule has 2 N–H and O–H groups in total. The molecule has 2 saturated carbocycles. The van der Waals surface area contributed by atoms with E-state index in [0.29, 0.717) is 5.41 Å². The smallest absolute Gasteiger partial charge is 0.00783 e. The lowest BCUT2D eigenvalue weighted by molar-refractivity contribution is 0.445. The summed E-state index contributed by atoms with van der Waals surface area (Å²) in [6.45, 7) is 0.830. The van der Waals surface area contributed by atoms with Gasteiger partial charge in [0, 0.05) is 12.0 Å². The van der Waals surface area contributed by atoms with Crippen LogP contribution in [-0.4, -0.2) is 6.54 Å². The first kappa shape index (κ1) is 12.2. The Bertz CT molecular complexity index is 398. The van der Waals surface area contributed by atoms with E-state index in [4.69, 9.17) is 5.73 Å². The lowest BCUT2D eigenvalue weighted by Crippen LogP contribution is -2.33. The summed E-state index contributed by atoms with van der Waals surface area (Å²) < 4.78 is 0. The quantitative estimate of drug-likeness (QED) is 0.849. The molecule has 1 aromatic rings. The Labute approximate surface area is 111 Å². The maximum Gasteiger partial charge on any atom is 0.00783 e. The fraction of sp³-hybridized carbons (Fsp3) is 0.647. The van der Waals surface area contributed by atoms with E-state index in [2.05, 4.69) is 24.3 Å². The van der Waals surface area contributed by atoms with Crippen molar-refractivity contribution in [1.82, 2.24) is 0 Å². The van der Waals surface area contributed by atoms with E-state index in [9.17, 15) is 0 Å². The third-order valence-corrected chi connectivity index (χ3v) is 5.28. The normalized spacial score (nSPS) is 23.6. The van der Waals surface area contributed by atoms with Crippen molar-refractivity contribution >= 4 is 0 Å². The predicted molar refractivity (Wildman–Crippen MR) is 76.9 cm³/mol.